The molecule has 0 aliphatic carbocycles. The van der Waals surface area contributed by atoms with E-state index in [0.29, 0.717) is 12.3 Å². The normalized spacial score (nSPS) is 10.4. The zero-order valence-electron chi connectivity index (χ0n) is 9.71. The van der Waals surface area contributed by atoms with Crippen molar-refractivity contribution in [1.29, 1.82) is 0 Å². The number of carbonyl (C=O) groups excluding carboxylic acids is 1. The van der Waals surface area contributed by atoms with Gasteiger partial charge in [-0.3, -0.25) is 4.79 Å². The van der Waals surface area contributed by atoms with E-state index in [4.69, 9.17) is 0 Å². The second-order valence-corrected chi connectivity index (χ2v) is 4.07. The van der Waals surface area contributed by atoms with E-state index in [1.165, 1.54) is 5.56 Å². The summed E-state index contributed by atoms with van der Waals surface area (Å²) in [4.78, 5) is 11.3. The van der Waals surface area contributed by atoms with Gasteiger partial charge in [0.25, 0.3) is 0 Å². The Bertz CT molecular complexity index is 314. The quantitative estimate of drug-likeness (QED) is 0.800. The summed E-state index contributed by atoms with van der Waals surface area (Å²) in [6, 6.07) is 8.05. The van der Waals surface area contributed by atoms with Gasteiger partial charge in [-0.1, -0.05) is 32.9 Å². The zero-order chi connectivity index (χ0) is 11.3. The molecule has 0 unspecified atom stereocenters. The molecule has 0 heterocycles. The predicted octanol–water partition coefficient (Wildman–Crippen LogP) is 3.55. The van der Waals surface area contributed by atoms with Crippen LogP contribution >= 0.6 is 0 Å². The molecule has 1 aromatic carbocycles. The lowest BCUT2D eigenvalue weighted by Gasteiger charge is -2.07. The highest BCUT2D eigenvalue weighted by Crippen LogP contribution is 2.17. The number of benzene rings is 1. The van der Waals surface area contributed by atoms with Crippen LogP contribution in [0.5, 0.6) is 0 Å². The first kappa shape index (κ1) is 11.8. The van der Waals surface area contributed by atoms with Gasteiger partial charge in [-0.05, 0) is 30.0 Å². The summed E-state index contributed by atoms with van der Waals surface area (Å²) in [5.74, 6) is 0.625. The standard InChI is InChI=1S/C13H19NO/c1-4-5-13(15)14-12-8-6-11(7-9-12)10(2)3/h6-10H,4-5H2,1-3H3,(H,14,15). The van der Waals surface area contributed by atoms with Crippen molar-refractivity contribution in [1.82, 2.24) is 0 Å². The fourth-order valence-electron chi connectivity index (χ4n) is 1.40. The Balaban J connectivity index is 2.60. The number of hydrogen-bond donors (Lipinski definition) is 1. The van der Waals surface area contributed by atoms with Gasteiger partial charge in [-0.25, -0.2) is 0 Å². The SMILES string of the molecule is CCCC(=O)Nc1ccc(C(C)C)cc1. The van der Waals surface area contributed by atoms with Crippen molar-refractivity contribution >= 4 is 11.6 Å². The third-order valence-corrected chi connectivity index (χ3v) is 2.34. The Hall–Kier alpha value is -1.31. The van der Waals surface area contributed by atoms with Crippen molar-refractivity contribution in [2.24, 2.45) is 0 Å². The van der Waals surface area contributed by atoms with Crippen LogP contribution in [0.15, 0.2) is 24.3 Å². The molecule has 0 bridgehead atoms. The number of anilines is 1. The highest BCUT2D eigenvalue weighted by Gasteiger charge is 2.01. The molecule has 0 fully saturated rings. The molecule has 1 amide bonds. The fraction of sp³-hybridized carbons (Fsp3) is 0.462. The van der Waals surface area contributed by atoms with Crippen molar-refractivity contribution in [2.75, 3.05) is 5.32 Å². The number of amides is 1. The van der Waals surface area contributed by atoms with E-state index < -0.39 is 0 Å². The Morgan fingerprint density at radius 3 is 2.33 bits per heavy atom. The van der Waals surface area contributed by atoms with E-state index in [2.05, 4.69) is 31.3 Å². The number of hydrogen-bond acceptors (Lipinski definition) is 1. The second-order valence-electron chi connectivity index (χ2n) is 4.07. The van der Waals surface area contributed by atoms with E-state index in [-0.39, 0.29) is 5.91 Å². The van der Waals surface area contributed by atoms with Crippen molar-refractivity contribution in [3.8, 4) is 0 Å². The van der Waals surface area contributed by atoms with Crippen LogP contribution < -0.4 is 5.32 Å². The van der Waals surface area contributed by atoms with Crippen LogP contribution in [-0.4, -0.2) is 5.91 Å². The van der Waals surface area contributed by atoms with Crippen LogP contribution in [0.1, 0.15) is 45.1 Å². The van der Waals surface area contributed by atoms with Gasteiger partial charge in [0.1, 0.15) is 0 Å². The molecular weight excluding hydrogens is 186 g/mol. The molecule has 0 saturated carbocycles. The molecule has 1 rings (SSSR count). The third kappa shape index (κ3) is 3.74. The molecule has 0 aliphatic heterocycles. The van der Waals surface area contributed by atoms with Gasteiger partial charge in [0, 0.05) is 12.1 Å². The van der Waals surface area contributed by atoms with Crippen LogP contribution in [-0.2, 0) is 4.79 Å². The van der Waals surface area contributed by atoms with Crippen LogP contribution in [0.4, 0.5) is 5.69 Å². The summed E-state index contributed by atoms with van der Waals surface area (Å²) < 4.78 is 0. The second kappa shape index (κ2) is 5.54. The molecule has 0 atom stereocenters. The van der Waals surface area contributed by atoms with Crippen molar-refractivity contribution < 1.29 is 4.79 Å². The minimum absolute atomic E-state index is 0.0924. The highest BCUT2D eigenvalue weighted by atomic mass is 16.1. The van der Waals surface area contributed by atoms with Gasteiger partial charge in [0.15, 0.2) is 0 Å². The van der Waals surface area contributed by atoms with E-state index >= 15 is 0 Å². The Morgan fingerprint density at radius 1 is 1.27 bits per heavy atom. The molecule has 82 valence electrons. The minimum atomic E-state index is 0.0924. The van der Waals surface area contributed by atoms with Gasteiger partial charge in [-0.15, -0.1) is 0 Å². The predicted molar refractivity (Wildman–Crippen MR) is 64.1 cm³/mol. The Kier molecular flexibility index (Phi) is 4.35. The summed E-state index contributed by atoms with van der Waals surface area (Å²) in [6.07, 6.45) is 1.47. The first-order valence-electron chi connectivity index (χ1n) is 5.53. The monoisotopic (exact) mass is 205 g/mol. The maximum atomic E-state index is 11.3. The van der Waals surface area contributed by atoms with Crippen LogP contribution in [0.25, 0.3) is 0 Å². The zero-order valence-corrected chi connectivity index (χ0v) is 9.71. The van der Waals surface area contributed by atoms with Crippen LogP contribution in [0, 0.1) is 0 Å². The molecule has 0 spiro atoms. The molecule has 0 saturated heterocycles. The molecule has 0 aromatic heterocycles. The third-order valence-electron chi connectivity index (χ3n) is 2.34. The Labute approximate surface area is 91.7 Å². The first-order valence-corrected chi connectivity index (χ1v) is 5.53. The maximum Gasteiger partial charge on any atom is 0.224 e. The summed E-state index contributed by atoms with van der Waals surface area (Å²) in [5.41, 5.74) is 2.18. The molecule has 15 heavy (non-hydrogen) atoms. The smallest absolute Gasteiger partial charge is 0.224 e. The van der Waals surface area contributed by atoms with Crippen molar-refractivity contribution in [3.05, 3.63) is 29.8 Å². The topological polar surface area (TPSA) is 29.1 Å². The van der Waals surface area contributed by atoms with Crippen LogP contribution in [0.3, 0.4) is 0 Å². The largest absolute Gasteiger partial charge is 0.326 e. The minimum Gasteiger partial charge on any atom is -0.326 e. The molecule has 2 nitrogen and oxygen atoms in total. The molecule has 2 heteroatoms. The molecule has 0 radical (unpaired) electrons. The van der Waals surface area contributed by atoms with Crippen molar-refractivity contribution in [3.63, 3.8) is 0 Å². The average molecular weight is 205 g/mol. The number of carbonyl (C=O) groups is 1. The lowest BCUT2D eigenvalue weighted by molar-refractivity contribution is -0.116. The molecular formula is C13H19NO. The van der Waals surface area contributed by atoms with Gasteiger partial charge in [0.2, 0.25) is 5.91 Å². The molecule has 1 N–H and O–H groups in total. The average Bonchev–Trinajstić information content (AvgIpc) is 2.18. The maximum absolute atomic E-state index is 11.3. The number of rotatable bonds is 4. The lowest BCUT2D eigenvalue weighted by atomic mass is 10.0. The van der Waals surface area contributed by atoms with E-state index in [1.54, 1.807) is 0 Å². The van der Waals surface area contributed by atoms with E-state index in [0.717, 1.165) is 12.1 Å². The van der Waals surface area contributed by atoms with Crippen LogP contribution in [0.2, 0.25) is 0 Å². The van der Waals surface area contributed by atoms with Crippen molar-refractivity contribution in [2.45, 2.75) is 39.5 Å². The first-order chi connectivity index (χ1) is 7.13. The number of nitrogens with one attached hydrogen (secondary N) is 1. The van der Waals surface area contributed by atoms with E-state index in [1.807, 2.05) is 19.1 Å². The van der Waals surface area contributed by atoms with Gasteiger partial charge in [-0.2, -0.15) is 0 Å². The van der Waals surface area contributed by atoms with Gasteiger partial charge in [0.05, 0.1) is 0 Å². The highest BCUT2D eigenvalue weighted by molar-refractivity contribution is 5.90. The summed E-state index contributed by atoms with van der Waals surface area (Å²) in [6.45, 7) is 6.32. The summed E-state index contributed by atoms with van der Waals surface area (Å²) in [7, 11) is 0. The summed E-state index contributed by atoms with van der Waals surface area (Å²) in [5, 5.41) is 2.87. The van der Waals surface area contributed by atoms with Gasteiger partial charge < -0.3 is 5.32 Å². The fourth-order valence-corrected chi connectivity index (χ4v) is 1.40. The lowest BCUT2D eigenvalue weighted by Crippen LogP contribution is -2.10. The summed E-state index contributed by atoms with van der Waals surface area (Å²) >= 11 is 0. The molecule has 0 aliphatic rings. The van der Waals surface area contributed by atoms with Gasteiger partial charge >= 0.3 is 0 Å². The molecule has 1 aromatic rings. The van der Waals surface area contributed by atoms with E-state index in [9.17, 15) is 4.79 Å². The Morgan fingerprint density at radius 2 is 1.87 bits per heavy atom.